The maximum Gasteiger partial charge on any atom is 0.0840 e. The van der Waals surface area contributed by atoms with E-state index in [2.05, 4.69) is 22.6 Å². The number of halogens is 2. The molecule has 4 heteroatoms. The smallest absolute Gasteiger partial charge is 0.0840 e. The lowest BCUT2D eigenvalue weighted by molar-refractivity contribution is -0.00996. The summed E-state index contributed by atoms with van der Waals surface area (Å²) < 4.78 is 6.39. The minimum Gasteiger partial charge on any atom is -0.388 e. The molecule has 2 rings (SSSR count). The number of ether oxygens (including phenoxy) is 1. The molecule has 0 amide bonds. The van der Waals surface area contributed by atoms with Gasteiger partial charge in [-0.15, -0.1) is 0 Å². The van der Waals surface area contributed by atoms with Crippen molar-refractivity contribution in [3.05, 3.63) is 32.4 Å². The lowest BCUT2D eigenvalue weighted by Gasteiger charge is -2.27. The highest BCUT2D eigenvalue weighted by Crippen LogP contribution is 2.31. The highest BCUT2D eigenvalue weighted by molar-refractivity contribution is 14.1. The molecule has 0 saturated carbocycles. The first-order chi connectivity index (χ1) is 7.68. The molecule has 0 aromatic heterocycles. The molecule has 2 atom stereocenters. The molecule has 0 spiro atoms. The van der Waals surface area contributed by atoms with Gasteiger partial charge in [0.2, 0.25) is 0 Å². The third-order valence-corrected chi connectivity index (χ3v) is 4.50. The zero-order valence-electron chi connectivity index (χ0n) is 8.83. The van der Waals surface area contributed by atoms with Crippen molar-refractivity contribution in [3.63, 3.8) is 0 Å². The van der Waals surface area contributed by atoms with E-state index in [1.807, 2.05) is 18.2 Å². The zero-order chi connectivity index (χ0) is 11.5. The van der Waals surface area contributed by atoms with Crippen LogP contribution >= 0.6 is 34.2 Å². The van der Waals surface area contributed by atoms with Gasteiger partial charge in [0.1, 0.15) is 0 Å². The fourth-order valence-electron chi connectivity index (χ4n) is 1.98. The van der Waals surface area contributed by atoms with Crippen LogP contribution in [0.5, 0.6) is 0 Å². The van der Waals surface area contributed by atoms with Crippen molar-refractivity contribution in [3.8, 4) is 0 Å². The Labute approximate surface area is 114 Å². The highest BCUT2D eigenvalue weighted by Gasteiger charge is 2.23. The van der Waals surface area contributed by atoms with Gasteiger partial charge in [-0.2, -0.15) is 0 Å². The number of hydrogen-bond acceptors (Lipinski definition) is 2. The number of benzene rings is 1. The fraction of sp³-hybridized carbons (Fsp3) is 0.500. The monoisotopic (exact) mass is 352 g/mol. The van der Waals surface area contributed by atoms with Crippen molar-refractivity contribution in [1.29, 1.82) is 0 Å². The van der Waals surface area contributed by atoms with Crippen molar-refractivity contribution in [2.45, 2.75) is 18.9 Å². The predicted octanol–water partition coefficient (Wildman–Crippen LogP) is 3.40. The van der Waals surface area contributed by atoms with E-state index in [9.17, 15) is 5.11 Å². The Balaban J connectivity index is 2.12. The summed E-state index contributed by atoms with van der Waals surface area (Å²) in [6.07, 6.45) is 1.58. The summed E-state index contributed by atoms with van der Waals surface area (Å²) in [6, 6.07) is 5.72. The second-order valence-corrected chi connectivity index (χ2v) is 5.66. The van der Waals surface area contributed by atoms with E-state index in [1.165, 1.54) is 0 Å². The molecule has 1 aromatic rings. The molecule has 0 aliphatic carbocycles. The highest BCUT2D eigenvalue weighted by atomic mass is 127. The van der Waals surface area contributed by atoms with Crippen LogP contribution in [0.2, 0.25) is 5.02 Å². The van der Waals surface area contributed by atoms with Crippen LogP contribution in [0.4, 0.5) is 0 Å². The lowest BCUT2D eigenvalue weighted by atomic mass is 9.91. The molecule has 2 nitrogen and oxygen atoms in total. The molecule has 88 valence electrons. The largest absolute Gasteiger partial charge is 0.388 e. The molecule has 1 heterocycles. The Hall–Kier alpha value is 0.160. The molecule has 1 fully saturated rings. The summed E-state index contributed by atoms with van der Waals surface area (Å²) in [7, 11) is 0. The molecule has 1 aliphatic rings. The number of aliphatic hydroxyl groups is 1. The molecule has 1 saturated heterocycles. The van der Waals surface area contributed by atoms with E-state index in [-0.39, 0.29) is 5.92 Å². The van der Waals surface area contributed by atoms with Gasteiger partial charge in [-0.3, -0.25) is 0 Å². The first-order valence-corrected chi connectivity index (χ1v) is 6.85. The number of rotatable bonds is 2. The Morgan fingerprint density at radius 1 is 1.50 bits per heavy atom. The minimum absolute atomic E-state index is 0.199. The van der Waals surface area contributed by atoms with Gasteiger partial charge in [0.15, 0.2) is 0 Å². The topological polar surface area (TPSA) is 29.5 Å². The van der Waals surface area contributed by atoms with Crippen molar-refractivity contribution < 1.29 is 9.84 Å². The quantitative estimate of drug-likeness (QED) is 0.827. The van der Waals surface area contributed by atoms with Crippen molar-refractivity contribution >= 4 is 34.2 Å². The molecule has 1 N–H and O–H groups in total. The second kappa shape index (κ2) is 5.67. The summed E-state index contributed by atoms with van der Waals surface area (Å²) in [4.78, 5) is 0. The third-order valence-electron chi connectivity index (χ3n) is 2.93. The minimum atomic E-state index is -0.463. The second-order valence-electron chi connectivity index (χ2n) is 4.10. The molecule has 2 unspecified atom stereocenters. The lowest BCUT2D eigenvalue weighted by Crippen LogP contribution is -2.23. The third kappa shape index (κ3) is 2.88. The molecular formula is C12H14ClIO2. The number of hydrogen-bond donors (Lipinski definition) is 1. The molecule has 0 bridgehead atoms. The normalized spacial score (nSPS) is 23.1. The van der Waals surface area contributed by atoms with Crippen LogP contribution < -0.4 is 0 Å². The van der Waals surface area contributed by atoms with E-state index < -0.39 is 6.10 Å². The van der Waals surface area contributed by atoms with Gasteiger partial charge >= 0.3 is 0 Å². The molecule has 1 aliphatic heterocycles. The van der Waals surface area contributed by atoms with E-state index >= 15 is 0 Å². The van der Waals surface area contributed by atoms with Gasteiger partial charge in [0, 0.05) is 16.1 Å². The summed E-state index contributed by atoms with van der Waals surface area (Å²) in [5.74, 6) is 0.199. The van der Waals surface area contributed by atoms with Crippen molar-refractivity contribution in [1.82, 2.24) is 0 Å². The Bertz CT molecular complexity index is 364. The van der Waals surface area contributed by atoms with Crippen LogP contribution in [0.15, 0.2) is 18.2 Å². The summed E-state index contributed by atoms with van der Waals surface area (Å²) in [6.45, 7) is 1.46. The standard InChI is InChI=1S/C12H14ClIO2/c13-10-6-8(3-4-11(10)14)12(15)9-2-1-5-16-7-9/h3-4,6,9,12,15H,1-2,5,7H2. The van der Waals surface area contributed by atoms with Gasteiger partial charge < -0.3 is 9.84 Å². The maximum atomic E-state index is 10.2. The average molecular weight is 353 g/mol. The van der Waals surface area contributed by atoms with Crippen LogP contribution in [-0.4, -0.2) is 18.3 Å². The van der Waals surface area contributed by atoms with Gasteiger partial charge in [0.25, 0.3) is 0 Å². The first-order valence-electron chi connectivity index (χ1n) is 5.39. The van der Waals surface area contributed by atoms with Crippen molar-refractivity contribution in [2.75, 3.05) is 13.2 Å². The van der Waals surface area contributed by atoms with Crippen LogP contribution in [0.1, 0.15) is 24.5 Å². The summed E-state index contributed by atoms with van der Waals surface area (Å²) in [5.41, 5.74) is 0.890. The summed E-state index contributed by atoms with van der Waals surface area (Å²) >= 11 is 8.23. The molecular weight excluding hydrogens is 338 g/mol. The van der Waals surface area contributed by atoms with Crippen LogP contribution in [0.25, 0.3) is 0 Å². The van der Waals surface area contributed by atoms with E-state index in [0.29, 0.717) is 11.6 Å². The Morgan fingerprint density at radius 2 is 2.31 bits per heavy atom. The SMILES string of the molecule is OC(c1ccc(I)c(Cl)c1)C1CCCOC1. The van der Waals surface area contributed by atoms with Gasteiger partial charge in [-0.25, -0.2) is 0 Å². The van der Waals surface area contributed by atoms with Gasteiger partial charge in [-0.1, -0.05) is 17.7 Å². The maximum absolute atomic E-state index is 10.2. The molecule has 16 heavy (non-hydrogen) atoms. The van der Waals surface area contributed by atoms with Crippen LogP contribution in [0.3, 0.4) is 0 Å². The van der Waals surface area contributed by atoms with E-state index in [4.69, 9.17) is 16.3 Å². The molecule has 0 radical (unpaired) electrons. The predicted molar refractivity (Wildman–Crippen MR) is 72.7 cm³/mol. The van der Waals surface area contributed by atoms with E-state index in [1.54, 1.807) is 0 Å². The fourth-order valence-corrected chi connectivity index (χ4v) is 2.51. The van der Waals surface area contributed by atoms with Gasteiger partial charge in [-0.05, 0) is 53.1 Å². The zero-order valence-corrected chi connectivity index (χ0v) is 11.7. The first kappa shape index (κ1) is 12.6. The Morgan fingerprint density at radius 3 is 2.94 bits per heavy atom. The van der Waals surface area contributed by atoms with E-state index in [0.717, 1.165) is 28.6 Å². The van der Waals surface area contributed by atoms with Gasteiger partial charge in [0.05, 0.1) is 17.7 Å². The number of aliphatic hydroxyl groups excluding tert-OH is 1. The van der Waals surface area contributed by atoms with Crippen molar-refractivity contribution in [2.24, 2.45) is 5.92 Å². The summed E-state index contributed by atoms with van der Waals surface area (Å²) in [5, 5.41) is 10.9. The van der Waals surface area contributed by atoms with Crippen LogP contribution in [0, 0.1) is 9.49 Å². The average Bonchev–Trinajstić information content (AvgIpc) is 2.33. The Kier molecular flexibility index (Phi) is 4.47. The molecule has 1 aromatic carbocycles. The van der Waals surface area contributed by atoms with Crippen LogP contribution in [-0.2, 0) is 4.74 Å².